The molecular weight excluding hydrogens is 399 g/mol. The number of aryl methyl sites for hydroxylation is 1. The van der Waals surface area contributed by atoms with Gasteiger partial charge in [-0.1, -0.05) is 12.1 Å². The van der Waals surface area contributed by atoms with Crippen molar-refractivity contribution in [2.45, 2.75) is 52.2 Å². The van der Waals surface area contributed by atoms with Gasteiger partial charge in [-0.15, -0.1) is 22.9 Å². The Morgan fingerprint density at radius 3 is 2.25 bits per heavy atom. The zero-order chi connectivity index (χ0) is 20.8. The van der Waals surface area contributed by atoms with Crippen LogP contribution in [0, 0.1) is 12.7 Å². The average molecular weight is 425 g/mol. The van der Waals surface area contributed by atoms with E-state index in [0.29, 0.717) is 13.1 Å². The first-order valence-electron chi connectivity index (χ1n) is 9.18. The van der Waals surface area contributed by atoms with Crippen molar-refractivity contribution in [3.63, 3.8) is 0 Å². The fourth-order valence-electron chi connectivity index (χ4n) is 2.77. The van der Waals surface area contributed by atoms with Gasteiger partial charge < -0.3 is 9.80 Å². The minimum Gasteiger partial charge on any atom is -0.332 e. The number of rotatable bonds is 8. The van der Waals surface area contributed by atoms with Crippen LogP contribution in [0.25, 0.3) is 0 Å². The molecule has 0 aliphatic rings. The molecule has 7 heteroatoms. The lowest BCUT2D eigenvalue weighted by atomic mass is 10.2. The molecule has 1 atom stereocenters. The SMILES string of the molecule is Cc1ccsc1CN(Cc1ccc(F)cc1)C(=O)CN(C(=O)[C@@H](C)Cl)C(C)C. The number of benzene rings is 1. The first-order valence-corrected chi connectivity index (χ1v) is 10.5. The van der Waals surface area contributed by atoms with Crippen LogP contribution in [0.2, 0.25) is 0 Å². The van der Waals surface area contributed by atoms with Gasteiger partial charge in [0.05, 0.1) is 6.54 Å². The van der Waals surface area contributed by atoms with Gasteiger partial charge in [0.15, 0.2) is 0 Å². The number of amides is 2. The van der Waals surface area contributed by atoms with Crippen LogP contribution < -0.4 is 0 Å². The summed E-state index contributed by atoms with van der Waals surface area (Å²) in [4.78, 5) is 29.8. The van der Waals surface area contributed by atoms with Crippen LogP contribution in [-0.4, -0.2) is 39.6 Å². The van der Waals surface area contributed by atoms with Crippen molar-refractivity contribution in [2.24, 2.45) is 0 Å². The third kappa shape index (κ3) is 6.04. The van der Waals surface area contributed by atoms with Gasteiger partial charge in [0.2, 0.25) is 11.8 Å². The fourth-order valence-corrected chi connectivity index (χ4v) is 3.82. The van der Waals surface area contributed by atoms with Crippen LogP contribution in [0.5, 0.6) is 0 Å². The molecule has 28 heavy (non-hydrogen) atoms. The Balaban J connectivity index is 2.23. The van der Waals surface area contributed by atoms with Crippen LogP contribution in [0.3, 0.4) is 0 Å². The van der Waals surface area contributed by atoms with E-state index in [1.807, 2.05) is 32.2 Å². The number of hydrogen-bond acceptors (Lipinski definition) is 3. The number of alkyl halides is 1. The molecule has 1 heterocycles. The molecule has 2 amide bonds. The molecule has 0 bridgehead atoms. The van der Waals surface area contributed by atoms with Crippen LogP contribution in [0.4, 0.5) is 4.39 Å². The molecule has 0 spiro atoms. The summed E-state index contributed by atoms with van der Waals surface area (Å²) in [5.41, 5.74) is 1.95. The topological polar surface area (TPSA) is 40.6 Å². The summed E-state index contributed by atoms with van der Waals surface area (Å²) < 4.78 is 13.2. The van der Waals surface area contributed by atoms with E-state index < -0.39 is 5.38 Å². The zero-order valence-electron chi connectivity index (χ0n) is 16.6. The van der Waals surface area contributed by atoms with E-state index in [1.165, 1.54) is 17.0 Å². The van der Waals surface area contributed by atoms with E-state index in [2.05, 4.69) is 0 Å². The second-order valence-electron chi connectivity index (χ2n) is 7.08. The van der Waals surface area contributed by atoms with Crippen molar-refractivity contribution in [3.8, 4) is 0 Å². The maximum atomic E-state index is 13.2. The summed E-state index contributed by atoms with van der Waals surface area (Å²) in [5.74, 6) is -0.751. The lowest BCUT2D eigenvalue weighted by Gasteiger charge is -2.31. The number of carbonyl (C=O) groups excluding carboxylic acids is 2. The molecule has 0 radical (unpaired) electrons. The summed E-state index contributed by atoms with van der Waals surface area (Å²) >= 11 is 7.55. The molecule has 0 saturated heterocycles. The molecule has 2 aromatic rings. The fraction of sp³-hybridized carbons (Fsp3) is 0.429. The summed E-state index contributed by atoms with van der Waals surface area (Å²) in [6, 6.07) is 7.97. The van der Waals surface area contributed by atoms with E-state index >= 15 is 0 Å². The highest BCUT2D eigenvalue weighted by Crippen LogP contribution is 2.20. The molecule has 2 rings (SSSR count). The highest BCUT2D eigenvalue weighted by Gasteiger charge is 2.26. The second kappa shape index (κ2) is 10.0. The second-order valence-corrected chi connectivity index (χ2v) is 8.73. The summed E-state index contributed by atoms with van der Waals surface area (Å²) in [6.07, 6.45) is 0. The monoisotopic (exact) mass is 424 g/mol. The molecule has 0 fully saturated rings. The Morgan fingerprint density at radius 1 is 1.11 bits per heavy atom. The highest BCUT2D eigenvalue weighted by atomic mass is 35.5. The number of carbonyl (C=O) groups is 2. The molecule has 0 N–H and O–H groups in total. The van der Waals surface area contributed by atoms with Crippen molar-refractivity contribution in [1.29, 1.82) is 0 Å². The van der Waals surface area contributed by atoms with Crippen molar-refractivity contribution in [1.82, 2.24) is 9.80 Å². The van der Waals surface area contributed by atoms with E-state index in [9.17, 15) is 14.0 Å². The van der Waals surface area contributed by atoms with Gasteiger partial charge in [-0.25, -0.2) is 4.39 Å². The molecule has 4 nitrogen and oxygen atoms in total. The largest absolute Gasteiger partial charge is 0.332 e. The normalized spacial score (nSPS) is 12.1. The molecule has 0 unspecified atom stereocenters. The third-order valence-corrected chi connectivity index (χ3v) is 5.69. The van der Waals surface area contributed by atoms with Crippen LogP contribution in [0.15, 0.2) is 35.7 Å². The van der Waals surface area contributed by atoms with Crippen molar-refractivity contribution in [2.75, 3.05) is 6.54 Å². The molecule has 1 aromatic carbocycles. The van der Waals surface area contributed by atoms with E-state index in [-0.39, 0.29) is 30.2 Å². The highest BCUT2D eigenvalue weighted by molar-refractivity contribution is 7.10. The van der Waals surface area contributed by atoms with Gasteiger partial charge in [-0.3, -0.25) is 9.59 Å². The Morgan fingerprint density at radius 2 is 1.75 bits per heavy atom. The first kappa shape index (κ1) is 22.4. The third-order valence-electron chi connectivity index (χ3n) is 4.49. The quantitative estimate of drug-likeness (QED) is 0.581. The smallest absolute Gasteiger partial charge is 0.242 e. The minimum absolute atomic E-state index is 0.0425. The molecule has 0 saturated carbocycles. The summed E-state index contributed by atoms with van der Waals surface area (Å²) in [6.45, 7) is 8.07. The van der Waals surface area contributed by atoms with Crippen LogP contribution in [0.1, 0.15) is 36.8 Å². The van der Waals surface area contributed by atoms with Gasteiger partial charge in [0, 0.05) is 17.5 Å². The molecule has 152 valence electrons. The van der Waals surface area contributed by atoms with Crippen molar-refractivity contribution in [3.05, 3.63) is 57.5 Å². The van der Waals surface area contributed by atoms with Crippen molar-refractivity contribution >= 4 is 34.8 Å². The maximum absolute atomic E-state index is 13.2. The lowest BCUT2D eigenvalue weighted by Crippen LogP contribution is -2.47. The van der Waals surface area contributed by atoms with Gasteiger partial charge in [0.1, 0.15) is 17.7 Å². The predicted molar refractivity (Wildman–Crippen MR) is 112 cm³/mol. The standard InChI is InChI=1S/C21H26ClFN2O2S/c1-14(2)25(21(27)16(4)22)13-20(26)24(12-19-15(3)9-10-28-19)11-17-5-7-18(23)8-6-17/h5-10,14,16H,11-13H2,1-4H3/t16-/m1/s1. The van der Waals surface area contributed by atoms with E-state index in [1.54, 1.807) is 35.3 Å². The number of thiophene rings is 1. The number of halogens is 2. The Hall–Kier alpha value is -1.92. The van der Waals surface area contributed by atoms with Crippen LogP contribution in [-0.2, 0) is 22.7 Å². The Bertz CT molecular complexity index is 805. The molecule has 1 aromatic heterocycles. The van der Waals surface area contributed by atoms with E-state index in [4.69, 9.17) is 11.6 Å². The zero-order valence-corrected chi connectivity index (χ0v) is 18.2. The number of nitrogens with zero attached hydrogens (tertiary/aromatic N) is 2. The molecular formula is C21H26ClFN2O2S. The van der Waals surface area contributed by atoms with Gasteiger partial charge >= 0.3 is 0 Å². The summed E-state index contributed by atoms with van der Waals surface area (Å²) in [5, 5.41) is 1.30. The average Bonchev–Trinajstić information content (AvgIpc) is 3.04. The maximum Gasteiger partial charge on any atom is 0.242 e. The number of hydrogen-bond donors (Lipinski definition) is 0. The molecule has 0 aliphatic carbocycles. The molecule has 0 aliphatic heterocycles. The van der Waals surface area contributed by atoms with E-state index in [0.717, 1.165) is 16.0 Å². The Labute approximate surface area is 174 Å². The minimum atomic E-state index is -0.694. The van der Waals surface area contributed by atoms with Gasteiger partial charge in [-0.2, -0.15) is 0 Å². The summed E-state index contributed by atoms with van der Waals surface area (Å²) in [7, 11) is 0. The van der Waals surface area contributed by atoms with Crippen LogP contribution >= 0.6 is 22.9 Å². The first-order chi connectivity index (χ1) is 13.2. The van der Waals surface area contributed by atoms with Crippen molar-refractivity contribution < 1.29 is 14.0 Å². The lowest BCUT2D eigenvalue weighted by molar-refractivity contribution is -0.142. The predicted octanol–water partition coefficient (Wildman–Crippen LogP) is 4.59. The Kier molecular flexibility index (Phi) is 8.01. The van der Waals surface area contributed by atoms with Gasteiger partial charge in [-0.05, 0) is 62.4 Å². The van der Waals surface area contributed by atoms with Gasteiger partial charge in [0.25, 0.3) is 0 Å².